The van der Waals surface area contributed by atoms with Crippen molar-refractivity contribution in [3.63, 3.8) is 0 Å². The normalized spacial score (nSPS) is 28.2. The topological polar surface area (TPSA) is 29.3 Å². The number of benzene rings is 1. The lowest BCUT2D eigenvalue weighted by Gasteiger charge is -2.33. The molecule has 104 valence electrons. The summed E-state index contributed by atoms with van der Waals surface area (Å²) in [5.41, 5.74) is 8.76. The minimum Gasteiger partial charge on any atom is -0.368 e. The van der Waals surface area contributed by atoms with Crippen LogP contribution in [0.1, 0.15) is 57.1 Å². The molecule has 1 heterocycles. The van der Waals surface area contributed by atoms with Crippen molar-refractivity contribution in [2.75, 3.05) is 11.4 Å². The van der Waals surface area contributed by atoms with Crippen molar-refractivity contribution in [1.29, 1.82) is 0 Å². The molecule has 1 saturated heterocycles. The molecule has 3 atom stereocenters. The van der Waals surface area contributed by atoms with E-state index in [2.05, 4.69) is 36.1 Å². The zero-order chi connectivity index (χ0) is 13.2. The van der Waals surface area contributed by atoms with Gasteiger partial charge in [-0.15, -0.1) is 0 Å². The fraction of sp³-hybridized carbons (Fsp3) is 0.647. The van der Waals surface area contributed by atoms with Gasteiger partial charge in [0.15, 0.2) is 0 Å². The van der Waals surface area contributed by atoms with E-state index < -0.39 is 0 Å². The molecule has 2 aliphatic rings. The lowest BCUT2D eigenvalue weighted by atomic mass is 9.85. The van der Waals surface area contributed by atoms with Crippen LogP contribution >= 0.6 is 0 Å². The molecule has 3 rings (SSSR count). The Balaban J connectivity index is 1.75. The Morgan fingerprint density at radius 2 is 1.89 bits per heavy atom. The molecule has 0 radical (unpaired) electrons. The van der Waals surface area contributed by atoms with Crippen LogP contribution in [0.5, 0.6) is 0 Å². The molecular weight excluding hydrogens is 232 g/mol. The van der Waals surface area contributed by atoms with Crippen LogP contribution in [0.3, 0.4) is 0 Å². The predicted molar refractivity (Wildman–Crippen MR) is 81.4 cm³/mol. The number of anilines is 1. The Hall–Kier alpha value is -1.02. The van der Waals surface area contributed by atoms with Crippen LogP contribution in [0.15, 0.2) is 24.3 Å². The first-order chi connectivity index (χ1) is 9.29. The number of hydrogen-bond donors (Lipinski definition) is 1. The monoisotopic (exact) mass is 258 g/mol. The van der Waals surface area contributed by atoms with E-state index in [-0.39, 0.29) is 6.04 Å². The van der Waals surface area contributed by atoms with E-state index in [1.54, 1.807) is 0 Å². The van der Waals surface area contributed by atoms with E-state index in [0.717, 1.165) is 18.4 Å². The zero-order valence-electron chi connectivity index (χ0n) is 12.0. The Morgan fingerprint density at radius 1 is 1.16 bits per heavy atom. The first-order valence-electron chi connectivity index (χ1n) is 7.91. The highest BCUT2D eigenvalue weighted by atomic mass is 15.2. The van der Waals surface area contributed by atoms with Gasteiger partial charge in [-0.25, -0.2) is 0 Å². The van der Waals surface area contributed by atoms with Crippen LogP contribution in [0.25, 0.3) is 0 Å². The molecular formula is C17H26N2. The highest BCUT2D eigenvalue weighted by Crippen LogP contribution is 2.38. The molecule has 0 bridgehead atoms. The molecule has 1 aliphatic heterocycles. The van der Waals surface area contributed by atoms with Crippen LogP contribution in [0, 0.1) is 5.92 Å². The second-order valence-electron chi connectivity index (χ2n) is 6.20. The average molecular weight is 258 g/mol. The van der Waals surface area contributed by atoms with Gasteiger partial charge >= 0.3 is 0 Å². The fourth-order valence-electron chi connectivity index (χ4n) is 3.88. The third-order valence-electron chi connectivity index (χ3n) is 5.10. The van der Waals surface area contributed by atoms with Gasteiger partial charge in [-0.1, -0.05) is 31.9 Å². The van der Waals surface area contributed by atoms with Crippen molar-refractivity contribution < 1.29 is 0 Å². The summed E-state index contributed by atoms with van der Waals surface area (Å²) in [7, 11) is 0. The first-order valence-corrected chi connectivity index (χ1v) is 7.91. The third-order valence-corrected chi connectivity index (χ3v) is 5.10. The van der Waals surface area contributed by atoms with Gasteiger partial charge in [0.05, 0.1) is 0 Å². The van der Waals surface area contributed by atoms with E-state index in [0.29, 0.717) is 0 Å². The van der Waals surface area contributed by atoms with Gasteiger partial charge in [0.2, 0.25) is 0 Å². The Labute approximate surface area is 117 Å². The summed E-state index contributed by atoms with van der Waals surface area (Å²) in [6, 6.07) is 10.00. The van der Waals surface area contributed by atoms with E-state index >= 15 is 0 Å². The Kier molecular flexibility index (Phi) is 3.79. The molecule has 2 nitrogen and oxygen atoms in total. The molecule has 2 fully saturated rings. The van der Waals surface area contributed by atoms with Crippen molar-refractivity contribution >= 4 is 5.69 Å². The van der Waals surface area contributed by atoms with Crippen LogP contribution in [0.4, 0.5) is 5.69 Å². The van der Waals surface area contributed by atoms with Gasteiger partial charge in [0.1, 0.15) is 0 Å². The van der Waals surface area contributed by atoms with E-state index in [9.17, 15) is 0 Å². The van der Waals surface area contributed by atoms with Crippen molar-refractivity contribution in [2.24, 2.45) is 11.7 Å². The molecule has 0 aromatic heterocycles. The number of fused-ring (bicyclic) bond motifs is 1. The molecule has 2 heteroatoms. The second-order valence-corrected chi connectivity index (χ2v) is 6.20. The highest BCUT2D eigenvalue weighted by molar-refractivity contribution is 5.50. The van der Waals surface area contributed by atoms with Gasteiger partial charge in [0, 0.05) is 24.3 Å². The fourth-order valence-corrected chi connectivity index (χ4v) is 3.88. The number of rotatable bonds is 3. The standard InChI is InChI=1S/C17H26N2/c1-2-16(18)13-7-9-15(10-8-13)19-12-11-14-5-3-4-6-17(14)19/h7-10,14,16-17H,2-6,11-12,18H2,1H3/t14?,16-,17?/m1/s1. The summed E-state index contributed by atoms with van der Waals surface area (Å²) in [6.07, 6.45) is 8.09. The summed E-state index contributed by atoms with van der Waals surface area (Å²) in [5.74, 6) is 0.950. The molecule has 1 aromatic rings. The number of hydrogen-bond acceptors (Lipinski definition) is 2. The summed E-state index contributed by atoms with van der Waals surface area (Å²) in [4.78, 5) is 2.64. The van der Waals surface area contributed by atoms with Crippen LogP contribution < -0.4 is 10.6 Å². The minimum absolute atomic E-state index is 0.190. The number of nitrogens with zero attached hydrogens (tertiary/aromatic N) is 1. The lowest BCUT2D eigenvalue weighted by molar-refractivity contribution is 0.342. The molecule has 1 saturated carbocycles. The summed E-state index contributed by atoms with van der Waals surface area (Å²) >= 11 is 0. The maximum Gasteiger partial charge on any atom is 0.0369 e. The molecule has 0 spiro atoms. The van der Waals surface area contributed by atoms with Crippen LogP contribution in [0.2, 0.25) is 0 Å². The van der Waals surface area contributed by atoms with Gasteiger partial charge in [0.25, 0.3) is 0 Å². The van der Waals surface area contributed by atoms with E-state index in [1.165, 1.54) is 49.9 Å². The summed E-state index contributed by atoms with van der Waals surface area (Å²) in [5, 5.41) is 0. The largest absolute Gasteiger partial charge is 0.368 e. The van der Waals surface area contributed by atoms with Gasteiger partial charge in [-0.2, -0.15) is 0 Å². The molecule has 0 amide bonds. The van der Waals surface area contributed by atoms with Crippen LogP contribution in [-0.4, -0.2) is 12.6 Å². The smallest absolute Gasteiger partial charge is 0.0369 e. The van der Waals surface area contributed by atoms with Gasteiger partial charge in [-0.05, 0) is 49.3 Å². The maximum absolute atomic E-state index is 6.09. The second kappa shape index (κ2) is 5.54. The summed E-state index contributed by atoms with van der Waals surface area (Å²) < 4.78 is 0. The quantitative estimate of drug-likeness (QED) is 0.892. The Bertz CT molecular complexity index is 412. The van der Waals surface area contributed by atoms with E-state index in [1.807, 2.05) is 0 Å². The SMILES string of the molecule is CC[C@@H](N)c1ccc(N2CCC3CCCCC32)cc1. The highest BCUT2D eigenvalue weighted by Gasteiger charge is 2.35. The summed E-state index contributed by atoms with van der Waals surface area (Å²) in [6.45, 7) is 3.39. The van der Waals surface area contributed by atoms with Crippen molar-refractivity contribution in [3.8, 4) is 0 Å². The molecule has 2 unspecified atom stereocenters. The number of nitrogens with two attached hydrogens (primary N) is 1. The maximum atomic E-state index is 6.09. The first kappa shape index (κ1) is 13.0. The predicted octanol–water partition coefficient (Wildman–Crippen LogP) is 3.87. The van der Waals surface area contributed by atoms with Gasteiger partial charge in [-0.3, -0.25) is 0 Å². The van der Waals surface area contributed by atoms with E-state index in [4.69, 9.17) is 5.73 Å². The van der Waals surface area contributed by atoms with Crippen LogP contribution in [-0.2, 0) is 0 Å². The molecule has 19 heavy (non-hydrogen) atoms. The van der Waals surface area contributed by atoms with Crippen molar-refractivity contribution in [3.05, 3.63) is 29.8 Å². The van der Waals surface area contributed by atoms with Crippen molar-refractivity contribution in [2.45, 2.75) is 57.5 Å². The lowest BCUT2D eigenvalue weighted by Crippen LogP contribution is -2.34. The minimum atomic E-state index is 0.190. The molecule has 1 aromatic carbocycles. The van der Waals surface area contributed by atoms with Gasteiger partial charge < -0.3 is 10.6 Å². The third kappa shape index (κ3) is 2.51. The molecule has 2 N–H and O–H groups in total. The molecule has 1 aliphatic carbocycles. The average Bonchev–Trinajstić information content (AvgIpc) is 2.90. The Morgan fingerprint density at radius 3 is 2.63 bits per heavy atom. The zero-order valence-corrected chi connectivity index (χ0v) is 12.0. The van der Waals surface area contributed by atoms with Crippen molar-refractivity contribution in [1.82, 2.24) is 0 Å².